The minimum Gasteiger partial charge on any atom is -0.138 e. The van der Waals surface area contributed by atoms with Gasteiger partial charge in [0.25, 0.3) is 0 Å². The molecule has 0 radical (unpaired) electrons. The summed E-state index contributed by atoms with van der Waals surface area (Å²) in [6.45, 7) is 4.28. The Morgan fingerprint density at radius 2 is 1.17 bits per heavy atom. The van der Waals surface area contributed by atoms with Crippen LogP contribution in [0, 0.1) is 13.8 Å². The van der Waals surface area contributed by atoms with Gasteiger partial charge in [0.2, 0.25) is 0 Å². The van der Waals surface area contributed by atoms with Gasteiger partial charge in [0.15, 0.2) is 0 Å². The fraction of sp³-hybridized carbons (Fsp3) is 0.294. The summed E-state index contributed by atoms with van der Waals surface area (Å²) in [4.78, 5) is 0. The Bertz CT molecular complexity index is 437. The van der Waals surface area contributed by atoms with E-state index in [1.165, 1.54) is 28.7 Å². The highest BCUT2D eigenvalue weighted by Gasteiger charge is 2.12. The lowest BCUT2D eigenvalue weighted by atomic mass is 9.88. The van der Waals surface area contributed by atoms with E-state index in [9.17, 15) is 0 Å². The Kier molecular flexibility index (Phi) is 4.55. The van der Waals surface area contributed by atoms with Gasteiger partial charge in [-0.3, -0.25) is 0 Å². The van der Waals surface area contributed by atoms with Crippen molar-refractivity contribution in [2.24, 2.45) is 0 Å². The Labute approximate surface area is 113 Å². The van der Waals surface area contributed by atoms with Gasteiger partial charge in [-0.1, -0.05) is 59.7 Å². The molecule has 2 rings (SSSR count). The molecular weight excluding hydrogens is 235 g/mol. The summed E-state index contributed by atoms with van der Waals surface area (Å²) < 4.78 is 0. The van der Waals surface area contributed by atoms with E-state index in [0.717, 1.165) is 6.16 Å². The molecule has 0 nitrogen and oxygen atoms in total. The molecule has 0 aliphatic carbocycles. The summed E-state index contributed by atoms with van der Waals surface area (Å²) in [6.07, 6.45) is 2.31. The van der Waals surface area contributed by atoms with Crippen LogP contribution in [0.4, 0.5) is 0 Å². The highest BCUT2D eigenvalue weighted by molar-refractivity contribution is 7.16. The maximum Gasteiger partial charge on any atom is 0.00925 e. The second kappa shape index (κ2) is 6.16. The number of rotatable bonds is 4. The van der Waals surface area contributed by atoms with Crippen LogP contribution in [0.2, 0.25) is 0 Å². The van der Waals surface area contributed by atoms with E-state index in [2.05, 4.69) is 71.6 Å². The summed E-state index contributed by atoms with van der Waals surface area (Å²) >= 11 is 0. The molecule has 0 amide bonds. The van der Waals surface area contributed by atoms with Crippen LogP contribution in [0.3, 0.4) is 0 Å². The lowest BCUT2D eigenvalue weighted by Gasteiger charge is -2.17. The first-order valence-corrected chi connectivity index (χ1v) is 7.35. The lowest BCUT2D eigenvalue weighted by Crippen LogP contribution is -2.02. The molecule has 18 heavy (non-hydrogen) atoms. The Balaban J connectivity index is 2.33. The minimum absolute atomic E-state index is 0.517. The first kappa shape index (κ1) is 13.3. The van der Waals surface area contributed by atoms with Gasteiger partial charge in [-0.25, -0.2) is 0 Å². The van der Waals surface area contributed by atoms with Crippen molar-refractivity contribution in [3.63, 3.8) is 0 Å². The number of hydrogen-bond donors (Lipinski definition) is 0. The van der Waals surface area contributed by atoms with Crippen molar-refractivity contribution in [1.82, 2.24) is 0 Å². The van der Waals surface area contributed by atoms with Gasteiger partial charge in [0, 0.05) is 5.92 Å². The van der Waals surface area contributed by atoms with E-state index < -0.39 is 0 Å². The predicted octanol–water partition coefficient (Wildman–Crippen LogP) is 4.70. The predicted molar refractivity (Wildman–Crippen MR) is 83.4 cm³/mol. The Hall–Kier alpha value is -1.13. The molecule has 0 spiro atoms. The summed E-state index contributed by atoms with van der Waals surface area (Å²) in [6, 6.07) is 17.9. The molecule has 0 N–H and O–H groups in total. The van der Waals surface area contributed by atoms with Crippen LogP contribution in [-0.2, 0) is 0 Å². The molecule has 0 saturated carbocycles. The van der Waals surface area contributed by atoms with Crippen LogP contribution in [-0.4, -0.2) is 6.16 Å². The smallest absolute Gasteiger partial charge is 0.00925 e. The van der Waals surface area contributed by atoms with E-state index in [4.69, 9.17) is 0 Å². The van der Waals surface area contributed by atoms with E-state index in [1.807, 2.05) is 0 Å². The van der Waals surface area contributed by atoms with Crippen molar-refractivity contribution in [2.75, 3.05) is 6.16 Å². The van der Waals surface area contributed by atoms with E-state index >= 15 is 0 Å². The molecule has 0 aliphatic rings. The van der Waals surface area contributed by atoms with Crippen molar-refractivity contribution < 1.29 is 0 Å². The fourth-order valence-electron chi connectivity index (χ4n) is 2.29. The van der Waals surface area contributed by atoms with Gasteiger partial charge in [-0.2, -0.15) is 0 Å². The van der Waals surface area contributed by atoms with Gasteiger partial charge < -0.3 is 0 Å². The quantitative estimate of drug-likeness (QED) is 0.695. The second-order valence-corrected chi connectivity index (χ2v) is 5.53. The largest absolute Gasteiger partial charge is 0.138 e. The molecule has 2 aromatic rings. The molecule has 0 saturated heterocycles. The van der Waals surface area contributed by atoms with Crippen LogP contribution >= 0.6 is 9.24 Å². The zero-order chi connectivity index (χ0) is 13.0. The normalized spacial score (nSPS) is 10.9. The SMILES string of the molecule is Cc1ccc(C(CCP)c2ccc(C)cc2)cc1. The molecule has 1 heteroatoms. The second-order valence-electron chi connectivity index (χ2n) is 4.95. The van der Waals surface area contributed by atoms with Crippen LogP contribution in [0.25, 0.3) is 0 Å². The van der Waals surface area contributed by atoms with Gasteiger partial charge in [-0.15, -0.1) is 9.24 Å². The van der Waals surface area contributed by atoms with Crippen molar-refractivity contribution in [2.45, 2.75) is 26.2 Å². The summed E-state index contributed by atoms with van der Waals surface area (Å²) in [5.41, 5.74) is 5.50. The number of hydrogen-bond acceptors (Lipinski definition) is 0. The van der Waals surface area contributed by atoms with Crippen LogP contribution in [0.1, 0.15) is 34.6 Å². The molecule has 0 bridgehead atoms. The highest BCUT2D eigenvalue weighted by atomic mass is 31.0. The monoisotopic (exact) mass is 256 g/mol. The minimum atomic E-state index is 0.517. The van der Waals surface area contributed by atoms with Gasteiger partial charge in [0.1, 0.15) is 0 Å². The molecule has 2 aromatic carbocycles. The molecule has 94 valence electrons. The molecule has 0 heterocycles. The summed E-state index contributed by atoms with van der Waals surface area (Å²) in [7, 11) is 2.84. The lowest BCUT2D eigenvalue weighted by molar-refractivity contribution is 0.785. The van der Waals surface area contributed by atoms with Crippen molar-refractivity contribution in [3.05, 3.63) is 70.8 Å². The van der Waals surface area contributed by atoms with Gasteiger partial charge in [0.05, 0.1) is 0 Å². The Morgan fingerprint density at radius 1 is 0.778 bits per heavy atom. The van der Waals surface area contributed by atoms with E-state index in [0.29, 0.717) is 5.92 Å². The molecule has 0 fully saturated rings. The van der Waals surface area contributed by atoms with E-state index in [1.54, 1.807) is 0 Å². The maximum atomic E-state index is 2.84. The topological polar surface area (TPSA) is 0 Å². The Morgan fingerprint density at radius 3 is 1.50 bits per heavy atom. The van der Waals surface area contributed by atoms with Crippen molar-refractivity contribution in [1.29, 1.82) is 0 Å². The highest BCUT2D eigenvalue weighted by Crippen LogP contribution is 2.29. The van der Waals surface area contributed by atoms with Crippen LogP contribution in [0.15, 0.2) is 48.5 Å². The third-order valence-electron chi connectivity index (χ3n) is 3.41. The standard InChI is InChI=1S/C17H21P/c1-13-3-7-15(8-4-13)17(11-12-18)16-9-5-14(2)6-10-16/h3-10,17H,11-12,18H2,1-2H3. The first-order chi connectivity index (χ1) is 8.70. The first-order valence-electron chi connectivity index (χ1n) is 6.54. The third kappa shape index (κ3) is 3.21. The average molecular weight is 256 g/mol. The third-order valence-corrected chi connectivity index (χ3v) is 3.75. The maximum absolute atomic E-state index is 2.84. The zero-order valence-corrected chi connectivity index (χ0v) is 12.3. The van der Waals surface area contributed by atoms with Crippen molar-refractivity contribution in [3.8, 4) is 0 Å². The molecule has 0 aromatic heterocycles. The summed E-state index contributed by atoms with van der Waals surface area (Å²) in [5, 5.41) is 0. The number of benzene rings is 2. The van der Waals surface area contributed by atoms with Gasteiger partial charge in [-0.05, 0) is 37.6 Å². The molecule has 1 atom stereocenters. The molecule has 1 unspecified atom stereocenters. The zero-order valence-electron chi connectivity index (χ0n) is 11.2. The van der Waals surface area contributed by atoms with Crippen LogP contribution < -0.4 is 0 Å². The molecular formula is C17H21P. The summed E-state index contributed by atoms with van der Waals surface area (Å²) in [5.74, 6) is 0.517. The van der Waals surface area contributed by atoms with Crippen LogP contribution in [0.5, 0.6) is 0 Å². The molecule has 0 aliphatic heterocycles. The van der Waals surface area contributed by atoms with Gasteiger partial charge >= 0.3 is 0 Å². The van der Waals surface area contributed by atoms with Crippen molar-refractivity contribution >= 4 is 9.24 Å². The fourth-order valence-corrected chi connectivity index (χ4v) is 2.62. The average Bonchev–Trinajstić information content (AvgIpc) is 2.39. The number of aryl methyl sites for hydroxylation is 2. The van der Waals surface area contributed by atoms with E-state index in [-0.39, 0.29) is 0 Å².